The van der Waals surface area contributed by atoms with Crippen molar-refractivity contribution in [2.24, 2.45) is 7.05 Å². The van der Waals surface area contributed by atoms with Crippen LogP contribution in [0, 0.1) is 0 Å². The summed E-state index contributed by atoms with van der Waals surface area (Å²) in [5.41, 5.74) is 1.40. The molecule has 0 saturated carbocycles. The lowest BCUT2D eigenvalue weighted by Crippen LogP contribution is -2.47. The Balaban J connectivity index is 1.63. The molecule has 106 valence electrons. The molecule has 1 aromatic heterocycles. The third kappa shape index (κ3) is 2.56. The molecule has 1 aromatic carbocycles. The first kappa shape index (κ1) is 13.2. The minimum absolute atomic E-state index is 0.486. The molecular formula is C16H22N4. The number of aromatic nitrogens is 2. The van der Waals surface area contributed by atoms with Crippen LogP contribution in [0.15, 0.2) is 42.7 Å². The summed E-state index contributed by atoms with van der Waals surface area (Å²) in [6.07, 6.45) is 3.88. The van der Waals surface area contributed by atoms with Crippen molar-refractivity contribution in [2.75, 3.05) is 31.1 Å². The molecule has 0 amide bonds. The summed E-state index contributed by atoms with van der Waals surface area (Å²) >= 11 is 0. The van der Waals surface area contributed by atoms with Crippen molar-refractivity contribution in [1.82, 2.24) is 14.5 Å². The molecule has 0 bridgehead atoms. The van der Waals surface area contributed by atoms with Crippen LogP contribution in [0.1, 0.15) is 18.5 Å². The Morgan fingerprint density at radius 2 is 1.75 bits per heavy atom. The molecular weight excluding hydrogens is 248 g/mol. The molecule has 0 aliphatic carbocycles. The first-order valence-corrected chi connectivity index (χ1v) is 7.27. The summed E-state index contributed by atoms with van der Waals surface area (Å²) in [6.45, 7) is 6.56. The van der Waals surface area contributed by atoms with Gasteiger partial charge in [0.25, 0.3) is 0 Å². The molecule has 2 heterocycles. The van der Waals surface area contributed by atoms with Crippen molar-refractivity contribution in [2.45, 2.75) is 13.0 Å². The maximum atomic E-state index is 4.44. The minimum atomic E-state index is 0.486. The molecule has 0 radical (unpaired) electrons. The number of rotatable bonds is 3. The molecule has 2 aromatic rings. The molecule has 4 nitrogen and oxygen atoms in total. The summed E-state index contributed by atoms with van der Waals surface area (Å²) in [6, 6.07) is 11.2. The maximum absolute atomic E-state index is 4.44. The van der Waals surface area contributed by atoms with Gasteiger partial charge in [0.2, 0.25) is 5.95 Å². The molecule has 4 heteroatoms. The first-order valence-electron chi connectivity index (χ1n) is 7.27. The summed E-state index contributed by atoms with van der Waals surface area (Å²) < 4.78 is 2.09. The van der Waals surface area contributed by atoms with Crippen molar-refractivity contribution in [3.63, 3.8) is 0 Å². The second-order valence-corrected chi connectivity index (χ2v) is 5.45. The number of imidazole rings is 1. The number of hydrogen-bond donors (Lipinski definition) is 0. The summed E-state index contributed by atoms with van der Waals surface area (Å²) in [5.74, 6) is 1.08. The van der Waals surface area contributed by atoms with Gasteiger partial charge in [-0.2, -0.15) is 0 Å². The molecule has 1 atom stereocenters. The zero-order valence-electron chi connectivity index (χ0n) is 12.2. The second-order valence-electron chi connectivity index (χ2n) is 5.45. The quantitative estimate of drug-likeness (QED) is 0.855. The number of hydrogen-bond acceptors (Lipinski definition) is 3. The van der Waals surface area contributed by atoms with E-state index in [1.54, 1.807) is 0 Å². The average molecular weight is 270 g/mol. The normalized spacial score (nSPS) is 18.2. The van der Waals surface area contributed by atoms with Crippen molar-refractivity contribution >= 4 is 5.95 Å². The zero-order valence-corrected chi connectivity index (χ0v) is 12.2. The highest BCUT2D eigenvalue weighted by atomic mass is 15.3. The average Bonchev–Trinajstić information content (AvgIpc) is 2.94. The molecule has 1 saturated heterocycles. The molecule has 1 aliphatic heterocycles. The van der Waals surface area contributed by atoms with Gasteiger partial charge in [-0.1, -0.05) is 30.3 Å². The zero-order chi connectivity index (χ0) is 13.9. The first-order chi connectivity index (χ1) is 9.75. The van der Waals surface area contributed by atoms with Crippen molar-refractivity contribution < 1.29 is 0 Å². The summed E-state index contributed by atoms with van der Waals surface area (Å²) in [4.78, 5) is 9.36. The van der Waals surface area contributed by atoms with E-state index in [1.807, 2.05) is 12.4 Å². The predicted molar refractivity (Wildman–Crippen MR) is 81.9 cm³/mol. The van der Waals surface area contributed by atoms with Gasteiger partial charge in [-0.05, 0) is 12.5 Å². The topological polar surface area (TPSA) is 24.3 Å². The smallest absolute Gasteiger partial charge is 0.205 e. The maximum Gasteiger partial charge on any atom is 0.205 e. The highest BCUT2D eigenvalue weighted by Gasteiger charge is 2.23. The fourth-order valence-corrected chi connectivity index (χ4v) is 2.91. The lowest BCUT2D eigenvalue weighted by atomic mass is 10.1. The third-order valence-electron chi connectivity index (χ3n) is 4.22. The molecule has 0 unspecified atom stereocenters. The highest BCUT2D eigenvalue weighted by molar-refractivity contribution is 5.32. The van der Waals surface area contributed by atoms with E-state index in [-0.39, 0.29) is 0 Å². The van der Waals surface area contributed by atoms with Crippen LogP contribution in [0.25, 0.3) is 0 Å². The van der Waals surface area contributed by atoms with Gasteiger partial charge in [0, 0.05) is 51.7 Å². The molecule has 0 spiro atoms. The van der Waals surface area contributed by atoms with E-state index >= 15 is 0 Å². The Morgan fingerprint density at radius 3 is 2.35 bits per heavy atom. The molecule has 3 rings (SSSR count). The van der Waals surface area contributed by atoms with Crippen molar-refractivity contribution in [1.29, 1.82) is 0 Å². The van der Waals surface area contributed by atoms with Gasteiger partial charge < -0.3 is 9.47 Å². The van der Waals surface area contributed by atoms with Crippen LogP contribution in [-0.2, 0) is 7.05 Å². The van der Waals surface area contributed by atoms with E-state index in [9.17, 15) is 0 Å². The fraction of sp³-hybridized carbons (Fsp3) is 0.438. The number of piperazine rings is 1. The Bertz CT molecular complexity index is 541. The lowest BCUT2D eigenvalue weighted by Gasteiger charge is -2.38. The van der Waals surface area contributed by atoms with Crippen LogP contribution in [-0.4, -0.2) is 40.6 Å². The SMILES string of the molecule is C[C@H](c1ccccc1)N1CCN(c2nccn2C)CC1. The van der Waals surface area contributed by atoms with Gasteiger partial charge in [-0.15, -0.1) is 0 Å². The number of aryl methyl sites for hydroxylation is 1. The van der Waals surface area contributed by atoms with Gasteiger partial charge in [0.1, 0.15) is 0 Å². The van der Waals surface area contributed by atoms with Crippen LogP contribution in [0.3, 0.4) is 0 Å². The van der Waals surface area contributed by atoms with Gasteiger partial charge in [-0.3, -0.25) is 4.90 Å². The standard InChI is InChI=1S/C16H22N4/c1-14(15-6-4-3-5-7-15)19-10-12-20(13-11-19)16-17-8-9-18(16)2/h3-9,14H,10-13H2,1-2H3/t14-/m1/s1. The summed E-state index contributed by atoms with van der Waals surface area (Å²) in [5, 5.41) is 0. The van der Waals surface area contributed by atoms with E-state index in [2.05, 4.69) is 63.7 Å². The van der Waals surface area contributed by atoms with Crippen LogP contribution in [0.5, 0.6) is 0 Å². The number of benzene rings is 1. The number of anilines is 1. The monoisotopic (exact) mass is 270 g/mol. The van der Waals surface area contributed by atoms with E-state index in [4.69, 9.17) is 0 Å². The van der Waals surface area contributed by atoms with Crippen LogP contribution >= 0.6 is 0 Å². The van der Waals surface area contributed by atoms with Gasteiger partial charge >= 0.3 is 0 Å². The van der Waals surface area contributed by atoms with E-state index in [1.165, 1.54) is 5.56 Å². The Hall–Kier alpha value is -1.81. The van der Waals surface area contributed by atoms with Crippen molar-refractivity contribution in [3.05, 3.63) is 48.3 Å². The van der Waals surface area contributed by atoms with Crippen LogP contribution in [0.4, 0.5) is 5.95 Å². The lowest BCUT2D eigenvalue weighted by molar-refractivity contribution is 0.197. The molecule has 1 aliphatic rings. The van der Waals surface area contributed by atoms with Gasteiger partial charge in [-0.25, -0.2) is 4.98 Å². The van der Waals surface area contributed by atoms with E-state index in [0.29, 0.717) is 6.04 Å². The summed E-state index contributed by atoms with van der Waals surface area (Å²) in [7, 11) is 2.06. The van der Waals surface area contributed by atoms with Crippen molar-refractivity contribution in [3.8, 4) is 0 Å². The van der Waals surface area contributed by atoms with Gasteiger partial charge in [0.05, 0.1) is 0 Å². The predicted octanol–water partition coefficient (Wildman–Crippen LogP) is 2.30. The fourth-order valence-electron chi connectivity index (χ4n) is 2.91. The van der Waals surface area contributed by atoms with Gasteiger partial charge in [0.15, 0.2) is 0 Å². The van der Waals surface area contributed by atoms with E-state index < -0.39 is 0 Å². The molecule has 0 N–H and O–H groups in total. The Labute approximate surface area is 120 Å². The van der Waals surface area contributed by atoms with E-state index in [0.717, 1.165) is 32.1 Å². The largest absolute Gasteiger partial charge is 0.340 e. The van der Waals surface area contributed by atoms with Crippen LogP contribution in [0.2, 0.25) is 0 Å². The minimum Gasteiger partial charge on any atom is -0.340 e. The highest BCUT2D eigenvalue weighted by Crippen LogP contribution is 2.22. The molecule has 1 fully saturated rings. The second kappa shape index (κ2) is 5.67. The van der Waals surface area contributed by atoms with Crippen LogP contribution < -0.4 is 4.90 Å². The Morgan fingerprint density at radius 1 is 1.05 bits per heavy atom. The number of nitrogens with zero attached hydrogens (tertiary/aromatic N) is 4. The Kier molecular flexibility index (Phi) is 3.74. The molecule has 20 heavy (non-hydrogen) atoms. The third-order valence-corrected chi connectivity index (χ3v) is 4.22.